The first-order chi connectivity index (χ1) is 12.7. The van der Waals surface area contributed by atoms with Crippen LogP contribution < -0.4 is 15.8 Å². The van der Waals surface area contributed by atoms with Crippen LogP contribution in [0.5, 0.6) is 5.75 Å². The summed E-state index contributed by atoms with van der Waals surface area (Å²) in [5, 5.41) is 3.45. The summed E-state index contributed by atoms with van der Waals surface area (Å²) in [6.07, 6.45) is 2.77. The van der Waals surface area contributed by atoms with Crippen LogP contribution in [0.3, 0.4) is 0 Å². The largest absolute Gasteiger partial charge is 0.497 e. The molecule has 0 bridgehead atoms. The zero-order valence-electron chi connectivity index (χ0n) is 16.2. The molecule has 1 aliphatic rings. The van der Waals surface area contributed by atoms with Crippen molar-refractivity contribution >= 4 is 28.2 Å². The topological polar surface area (TPSA) is 81.4 Å². The summed E-state index contributed by atoms with van der Waals surface area (Å²) < 4.78 is 5.12. The molecule has 0 spiro atoms. The van der Waals surface area contributed by atoms with Gasteiger partial charge >= 0.3 is 0 Å². The third-order valence-electron chi connectivity index (χ3n) is 5.32. The van der Waals surface area contributed by atoms with Crippen LogP contribution in [0.15, 0.2) is 24.3 Å². The molecule has 2 aromatic rings. The van der Waals surface area contributed by atoms with E-state index in [2.05, 4.69) is 26.1 Å². The average Bonchev–Trinajstić information content (AvgIpc) is 2.98. The van der Waals surface area contributed by atoms with E-state index in [1.165, 1.54) is 16.2 Å². The highest BCUT2D eigenvalue weighted by Crippen LogP contribution is 2.44. The maximum absolute atomic E-state index is 12.6. The Bertz CT molecular complexity index is 863. The predicted molar refractivity (Wildman–Crippen MR) is 109 cm³/mol. The minimum absolute atomic E-state index is 0.209. The third-order valence-corrected chi connectivity index (χ3v) is 6.49. The van der Waals surface area contributed by atoms with Gasteiger partial charge in [0.15, 0.2) is 0 Å². The number of carbonyl (C=O) groups is 2. The predicted octanol–water partition coefficient (Wildman–Crippen LogP) is 4.26. The van der Waals surface area contributed by atoms with E-state index >= 15 is 0 Å². The smallest absolute Gasteiger partial charge is 0.256 e. The number of primary amides is 1. The molecule has 0 radical (unpaired) electrons. The minimum atomic E-state index is -0.480. The van der Waals surface area contributed by atoms with Crippen LogP contribution >= 0.6 is 11.3 Å². The normalized spacial score (nSPS) is 16.5. The summed E-state index contributed by atoms with van der Waals surface area (Å²) in [5.74, 6) is 0.497. The highest BCUT2D eigenvalue weighted by Gasteiger charge is 2.33. The molecule has 144 valence electrons. The molecule has 0 fully saturated rings. The summed E-state index contributed by atoms with van der Waals surface area (Å²) in [6, 6.07) is 6.86. The molecule has 1 aromatic carbocycles. The van der Waals surface area contributed by atoms with Crippen molar-refractivity contribution in [1.82, 2.24) is 0 Å². The Kier molecular flexibility index (Phi) is 5.29. The van der Waals surface area contributed by atoms with Gasteiger partial charge in [-0.25, -0.2) is 0 Å². The molecule has 1 heterocycles. The lowest BCUT2D eigenvalue weighted by molar-refractivity contribution is 0.1000. The van der Waals surface area contributed by atoms with Crippen LogP contribution in [0, 0.1) is 11.3 Å². The molecular weight excluding hydrogens is 360 g/mol. The van der Waals surface area contributed by atoms with Crippen molar-refractivity contribution in [3.8, 4) is 5.75 Å². The standard InChI is InChI=1S/C21H26N2O3S/c1-21(2,3)13-7-10-15-16(11-13)27-20(17(15)18(22)24)23-19(25)12-5-8-14(26-4)9-6-12/h5-6,8-9,13H,7,10-11H2,1-4H3,(H2,22,24)(H,23,25)/t13-/m1/s1. The highest BCUT2D eigenvalue weighted by atomic mass is 32.1. The lowest BCUT2D eigenvalue weighted by atomic mass is 9.72. The van der Waals surface area contributed by atoms with E-state index in [1.807, 2.05) is 0 Å². The number of nitrogens with one attached hydrogen (secondary N) is 1. The van der Waals surface area contributed by atoms with E-state index in [4.69, 9.17) is 10.5 Å². The number of rotatable bonds is 4. The van der Waals surface area contributed by atoms with E-state index in [0.29, 0.717) is 27.8 Å². The van der Waals surface area contributed by atoms with Crippen molar-refractivity contribution in [3.05, 3.63) is 45.8 Å². The van der Waals surface area contributed by atoms with Gasteiger partial charge in [0, 0.05) is 10.4 Å². The van der Waals surface area contributed by atoms with Gasteiger partial charge < -0.3 is 15.8 Å². The molecule has 3 rings (SSSR count). The second-order valence-corrected chi connectivity index (χ2v) is 9.17. The van der Waals surface area contributed by atoms with Crippen LogP contribution in [0.2, 0.25) is 0 Å². The van der Waals surface area contributed by atoms with Crippen molar-refractivity contribution in [2.24, 2.45) is 17.1 Å². The third kappa shape index (κ3) is 4.00. The molecule has 0 unspecified atom stereocenters. The van der Waals surface area contributed by atoms with Crippen molar-refractivity contribution in [3.63, 3.8) is 0 Å². The lowest BCUT2D eigenvalue weighted by Crippen LogP contribution is -2.27. The number of ether oxygens (including phenoxy) is 1. The van der Waals surface area contributed by atoms with Gasteiger partial charge in [-0.15, -0.1) is 11.3 Å². The second-order valence-electron chi connectivity index (χ2n) is 8.06. The van der Waals surface area contributed by atoms with Gasteiger partial charge in [0.1, 0.15) is 10.8 Å². The average molecular weight is 387 g/mol. The number of benzene rings is 1. The monoisotopic (exact) mass is 386 g/mol. The van der Waals surface area contributed by atoms with Crippen LogP contribution in [0.4, 0.5) is 5.00 Å². The molecule has 1 aromatic heterocycles. The first-order valence-corrected chi connectivity index (χ1v) is 9.92. The van der Waals surface area contributed by atoms with Gasteiger partial charge in [0.2, 0.25) is 0 Å². The van der Waals surface area contributed by atoms with E-state index in [-0.39, 0.29) is 11.3 Å². The van der Waals surface area contributed by atoms with Gasteiger partial charge in [-0.05, 0) is 60.4 Å². The number of carbonyl (C=O) groups excluding carboxylic acids is 2. The lowest BCUT2D eigenvalue weighted by Gasteiger charge is -2.33. The molecule has 2 amide bonds. The molecule has 1 atom stereocenters. The highest BCUT2D eigenvalue weighted by molar-refractivity contribution is 7.17. The molecule has 1 aliphatic carbocycles. The Morgan fingerprint density at radius 3 is 2.44 bits per heavy atom. The van der Waals surface area contributed by atoms with E-state index in [1.54, 1.807) is 31.4 Å². The fraction of sp³-hybridized carbons (Fsp3) is 0.429. The first kappa shape index (κ1) is 19.4. The number of hydrogen-bond donors (Lipinski definition) is 2. The molecule has 3 N–H and O–H groups in total. The van der Waals surface area contributed by atoms with Crippen LogP contribution in [0.1, 0.15) is 58.3 Å². The van der Waals surface area contributed by atoms with Crippen LogP contribution in [-0.2, 0) is 12.8 Å². The van der Waals surface area contributed by atoms with Crippen molar-refractivity contribution in [1.29, 1.82) is 0 Å². The molecule has 0 aliphatic heterocycles. The van der Waals surface area contributed by atoms with Crippen molar-refractivity contribution in [2.45, 2.75) is 40.0 Å². The number of nitrogens with two attached hydrogens (primary N) is 1. The Morgan fingerprint density at radius 2 is 1.89 bits per heavy atom. The van der Waals surface area contributed by atoms with E-state index in [9.17, 15) is 9.59 Å². The zero-order valence-corrected chi connectivity index (χ0v) is 17.0. The number of amides is 2. The van der Waals surface area contributed by atoms with Gasteiger partial charge in [-0.1, -0.05) is 20.8 Å². The zero-order chi connectivity index (χ0) is 19.8. The summed E-state index contributed by atoms with van der Waals surface area (Å²) >= 11 is 1.48. The van der Waals surface area contributed by atoms with Crippen molar-refractivity contribution in [2.75, 3.05) is 12.4 Å². The maximum atomic E-state index is 12.6. The quantitative estimate of drug-likeness (QED) is 0.824. The Labute approximate surface area is 163 Å². The van der Waals surface area contributed by atoms with Crippen LogP contribution in [-0.4, -0.2) is 18.9 Å². The fourth-order valence-electron chi connectivity index (χ4n) is 3.59. The minimum Gasteiger partial charge on any atom is -0.497 e. The Morgan fingerprint density at radius 1 is 1.22 bits per heavy atom. The molecule has 6 heteroatoms. The Hall–Kier alpha value is -2.34. The summed E-state index contributed by atoms with van der Waals surface area (Å²) in [4.78, 5) is 25.9. The number of methoxy groups -OCH3 is 1. The molecular formula is C21H26N2O3S. The van der Waals surface area contributed by atoms with E-state index < -0.39 is 5.91 Å². The SMILES string of the molecule is COc1ccc(C(=O)Nc2sc3c(c2C(N)=O)CC[C@@H](C(C)(C)C)C3)cc1. The van der Waals surface area contributed by atoms with Gasteiger partial charge in [0.25, 0.3) is 11.8 Å². The summed E-state index contributed by atoms with van der Waals surface area (Å²) in [7, 11) is 1.58. The molecule has 27 heavy (non-hydrogen) atoms. The fourth-order valence-corrected chi connectivity index (χ4v) is 4.92. The van der Waals surface area contributed by atoms with Crippen LogP contribution in [0.25, 0.3) is 0 Å². The van der Waals surface area contributed by atoms with Gasteiger partial charge in [-0.2, -0.15) is 0 Å². The molecule has 0 saturated carbocycles. The van der Waals surface area contributed by atoms with Crippen molar-refractivity contribution < 1.29 is 14.3 Å². The molecule has 0 saturated heterocycles. The van der Waals surface area contributed by atoms with Gasteiger partial charge in [-0.3, -0.25) is 9.59 Å². The second kappa shape index (κ2) is 7.35. The summed E-state index contributed by atoms with van der Waals surface area (Å²) in [6.45, 7) is 6.74. The first-order valence-electron chi connectivity index (χ1n) is 9.10. The number of fused-ring (bicyclic) bond motifs is 1. The number of thiophene rings is 1. The number of anilines is 1. The molecule has 5 nitrogen and oxygen atoms in total. The summed E-state index contributed by atoms with van der Waals surface area (Å²) in [5.41, 5.74) is 7.86. The number of hydrogen-bond acceptors (Lipinski definition) is 4. The van der Waals surface area contributed by atoms with E-state index in [0.717, 1.165) is 24.8 Å². The maximum Gasteiger partial charge on any atom is 0.256 e. The van der Waals surface area contributed by atoms with Gasteiger partial charge in [0.05, 0.1) is 12.7 Å². The Balaban J connectivity index is 1.88.